The van der Waals surface area contributed by atoms with Gasteiger partial charge in [0.05, 0.1) is 5.88 Å². The fraction of sp³-hybridized carbons (Fsp3) is 0.545. The SMILES string of the molecule is CCn1c(=O)c2c(nc(CCl)n2CC)n(C)c1=O. The molecule has 0 aliphatic carbocycles. The normalized spacial score (nSPS) is 11.3. The first-order chi connectivity index (χ1) is 8.56. The monoisotopic (exact) mass is 270 g/mol. The number of rotatable bonds is 3. The van der Waals surface area contributed by atoms with Gasteiger partial charge in [-0.25, -0.2) is 9.78 Å². The van der Waals surface area contributed by atoms with Gasteiger partial charge in [0.25, 0.3) is 5.56 Å². The van der Waals surface area contributed by atoms with Gasteiger partial charge in [-0.3, -0.25) is 13.9 Å². The summed E-state index contributed by atoms with van der Waals surface area (Å²) in [5.74, 6) is 0.817. The van der Waals surface area contributed by atoms with Crippen LogP contribution in [0.5, 0.6) is 0 Å². The van der Waals surface area contributed by atoms with Crippen LogP contribution in [-0.2, 0) is 26.0 Å². The van der Waals surface area contributed by atoms with Crippen molar-refractivity contribution >= 4 is 22.8 Å². The van der Waals surface area contributed by atoms with Crippen LogP contribution in [-0.4, -0.2) is 18.7 Å². The highest BCUT2D eigenvalue weighted by molar-refractivity contribution is 6.16. The molecule has 6 nitrogen and oxygen atoms in total. The van der Waals surface area contributed by atoms with Crippen LogP contribution in [0.2, 0.25) is 0 Å². The average Bonchev–Trinajstić information content (AvgIpc) is 2.75. The quantitative estimate of drug-likeness (QED) is 0.771. The molecule has 0 aliphatic rings. The molecule has 7 heteroatoms. The lowest BCUT2D eigenvalue weighted by Gasteiger charge is -2.07. The summed E-state index contributed by atoms with van der Waals surface area (Å²) in [6.07, 6.45) is 0. The van der Waals surface area contributed by atoms with Gasteiger partial charge in [0, 0.05) is 20.1 Å². The van der Waals surface area contributed by atoms with Crippen molar-refractivity contribution in [2.45, 2.75) is 32.8 Å². The smallest absolute Gasteiger partial charge is 0.321 e. The second-order valence-electron chi connectivity index (χ2n) is 3.97. The lowest BCUT2D eigenvalue weighted by atomic mass is 10.4. The van der Waals surface area contributed by atoms with E-state index in [9.17, 15) is 9.59 Å². The third-order valence-corrected chi connectivity index (χ3v) is 3.30. The van der Waals surface area contributed by atoms with Gasteiger partial charge < -0.3 is 4.57 Å². The van der Waals surface area contributed by atoms with Gasteiger partial charge in [0.15, 0.2) is 11.2 Å². The van der Waals surface area contributed by atoms with E-state index < -0.39 is 0 Å². The lowest BCUT2D eigenvalue weighted by Crippen LogP contribution is -2.39. The molecule has 0 bridgehead atoms. The molecular formula is C11H15ClN4O2. The number of aryl methyl sites for hydroxylation is 2. The van der Waals surface area contributed by atoms with Crippen molar-refractivity contribution < 1.29 is 0 Å². The summed E-state index contributed by atoms with van der Waals surface area (Å²) < 4.78 is 4.35. The molecule has 2 heterocycles. The Balaban J connectivity index is 3.06. The van der Waals surface area contributed by atoms with E-state index in [1.165, 1.54) is 9.13 Å². The van der Waals surface area contributed by atoms with Crippen molar-refractivity contribution in [1.29, 1.82) is 0 Å². The highest BCUT2D eigenvalue weighted by Gasteiger charge is 2.18. The number of fused-ring (bicyclic) bond motifs is 1. The molecule has 2 aromatic rings. The Kier molecular flexibility index (Phi) is 3.30. The first-order valence-electron chi connectivity index (χ1n) is 5.81. The Morgan fingerprint density at radius 2 is 1.78 bits per heavy atom. The molecule has 0 aliphatic heterocycles. The Labute approximate surface area is 108 Å². The van der Waals surface area contributed by atoms with Gasteiger partial charge in [-0.1, -0.05) is 0 Å². The second-order valence-corrected chi connectivity index (χ2v) is 4.24. The van der Waals surface area contributed by atoms with Gasteiger partial charge in [0.2, 0.25) is 0 Å². The van der Waals surface area contributed by atoms with Crippen LogP contribution in [0.4, 0.5) is 0 Å². The van der Waals surface area contributed by atoms with Gasteiger partial charge in [0.1, 0.15) is 5.82 Å². The van der Waals surface area contributed by atoms with Gasteiger partial charge in [-0.05, 0) is 13.8 Å². The number of aromatic nitrogens is 4. The van der Waals surface area contributed by atoms with Crippen LogP contribution < -0.4 is 11.2 Å². The molecular weight excluding hydrogens is 256 g/mol. The Morgan fingerprint density at radius 3 is 2.28 bits per heavy atom. The zero-order valence-corrected chi connectivity index (χ0v) is 11.4. The molecule has 0 fully saturated rings. The van der Waals surface area contributed by atoms with Crippen molar-refractivity contribution in [2.75, 3.05) is 0 Å². The maximum Gasteiger partial charge on any atom is 0.332 e. The van der Waals surface area contributed by atoms with E-state index in [0.717, 1.165) is 0 Å². The zero-order valence-electron chi connectivity index (χ0n) is 10.6. The third kappa shape index (κ3) is 1.59. The maximum absolute atomic E-state index is 12.3. The van der Waals surface area contributed by atoms with Gasteiger partial charge in [-0.2, -0.15) is 0 Å². The summed E-state index contributed by atoms with van der Waals surface area (Å²) in [7, 11) is 1.61. The maximum atomic E-state index is 12.3. The highest BCUT2D eigenvalue weighted by Crippen LogP contribution is 2.12. The topological polar surface area (TPSA) is 61.8 Å². The first kappa shape index (κ1) is 12.9. The van der Waals surface area contributed by atoms with Crippen LogP contribution in [0.1, 0.15) is 19.7 Å². The average molecular weight is 271 g/mol. The summed E-state index contributed by atoms with van der Waals surface area (Å²) in [5, 5.41) is 0. The number of alkyl halides is 1. The molecule has 0 saturated heterocycles. The number of hydrogen-bond acceptors (Lipinski definition) is 3. The van der Waals surface area contributed by atoms with Crippen LogP contribution in [0.15, 0.2) is 9.59 Å². The van der Waals surface area contributed by atoms with Crippen LogP contribution in [0.3, 0.4) is 0 Å². The van der Waals surface area contributed by atoms with Gasteiger partial charge >= 0.3 is 5.69 Å². The first-order valence-corrected chi connectivity index (χ1v) is 6.35. The molecule has 2 aromatic heterocycles. The molecule has 0 saturated carbocycles. The van der Waals surface area contributed by atoms with E-state index in [1.54, 1.807) is 18.5 Å². The van der Waals surface area contributed by atoms with Crippen LogP contribution in [0, 0.1) is 0 Å². The summed E-state index contributed by atoms with van der Waals surface area (Å²) >= 11 is 5.82. The highest BCUT2D eigenvalue weighted by atomic mass is 35.5. The van der Waals surface area contributed by atoms with E-state index in [0.29, 0.717) is 30.1 Å². The Hall–Kier alpha value is -1.56. The number of hydrogen-bond donors (Lipinski definition) is 0. The minimum atomic E-state index is -0.350. The standard InChI is InChI=1S/C11H15ClN4O2/c1-4-15-7(6-12)13-9-8(15)10(17)16(5-2)11(18)14(9)3/h4-6H2,1-3H3. The summed E-state index contributed by atoms with van der Waals surface area (Å²) in [4.78, 5) is 28.5. The predicted molar refractivity (Wildman–Crippen MR) is 70.1 cm³/mol. The summed E-state index contributed by atoms with van der Waals surface area (Å²) in [5.41, 5.74) is 0.183. The van der Waals surface area contributed by atoms with Crippen LogP contribution >= 0.6 is 11.6 Å². The zero-order chi connectivity index (χ0) is 13.4. The largest absolute Gasteiger partial charge is 0.332 e. The Bertz CT molecular complexity index is 710. The van der Waals surface area contributed by atoms with Crippen molar-refractivity contribution in [3.05, 3.63) is 26.7 Å². The molecule has 0 unspecified atom stereocenters. The van der Waals surface area contributed by atoms with E-state index in [1.807, 2.05) is 6.92 Å². The minimum Gasteiger partial charge on any atom is -0.321 e. The second kappa shape index (κ2) is 4.61. The number of nitrogens with zero attached hydrogens (tertiary/aromatic N) is 4. The summed E-state index contributed by atoms with van der Waals surface area (Å²) in [6, 6.07) is 0. The fourth-order valence-corrected chi connectivity index (χ4v) is 2.34. The van der Waals surface area contributed by atoms with Crippen LogP contribution in [0.25, 0.3) is 11.2 Å². The fourth-order valence-electron chi connectivity index (χ4n) is 2.14. The molecule has 98 valence electrons. The van der Waals surface area contributed by atoms with Crippen molar-refractivity contribution in [2.24, 2.45) is 7.05 Å². The van der Waals surface area contributed by atoms with E-state index in [2.05, 4.69) is 4.98 Å². The number of halogens is 1. The lowest BCUT2D eigenvalue weighted by molar-refractivity contribution is 0.632. The van der Waals surface area contributed by atoms with E-state index in [4.69, 9.17) is 11.6 Å². The van der Waals surface area contributed by atoms with E-state index in [-0.39, 0.29) is 17.1 Å². The molecule has 0 N–H and O–H groups in total. The minimum absolute atomic E-state index is 0.211. The molecule has 0 amide bonds. The number of imidazole rings is 1. The third-order valence-electron chi connectivity index (χ3n) is 3.06. The molecule has 2 rings (SSSR count). The molecule has 0 atom stereocenters. The molecule has 18 heavy (non-hydrogen) atoms. The summed E-state index contributed by atoms with van der Waals surface area (Å²) in [6.45, 7) is 4.62. The Morgan fingerprint density at radius 1 is 1.17 bits per heavy atom. The van der Waals surface area contributed by atoms with Crippen molar-refractivity contribution in [3.8, 4) is 0 Å². The molecule has 0 spiro atoms. The van der Waals surface area contributed by atoms with Gasteiger partial charge in [-0.15, -0.1) is 11.6 Å². The van der Waals surface area contributed by atoms with Crippen molar-refractivity contribution in [3.63, 3.8) is 0 Å². The predicted octanol–water partition coefficient (Wildman–Crippen LogP) is 0.675. The van der Waals surface area contributed by atoms with Crippen molar-refractivity contribution in [1.82, 2.24) is 18.7 Å². The molecule has 0 radical (unpaired) electrons. The molecule has 0 aromatic carbocycles. The van der Waals surface area contributed by atoms with E-state index >= 15 is 0 Å².